The van der Waals surface area contributed by atoms with Gasteiger partial charge in [-0.05, 0) is 49.2 Å². The average molecular weight is 285 g/mol. The molecule has 0 aliphatic rings. The summed E-state index contributed by atoms with van der Waals surface area (Å²) in [6, 6.07) is 12.9. The van der Waals surface area contributed by atoms with E-state index in [1.165, 1.54) is 0 Å². The molecule has 0 aromatic heterocycles. The highest BCUT2D eigenvalue weighted by atomic mass is 16.5. The first-order valence-corrected chi connectivity index (χ1v) is 6.83. The minimum absolute atomic E-state index is 0.0228. The Bertz CT molecular complexity index is 600. The fourth-order valence-corrected chi connectivity index (χ4v) is 2.16. The normalized spacial score (nSPS) is 10.2. The van der Waals surface area contributed by atoms with Gasteiger partial charge in [0.25, 0.3) is 5.91 Å². The number of aliphatic hydroxyl groups excluding tert-OH is 1. The van der Waals surface area contributed by atoms with Crippen LogP contribution in [0, 0.1) is 13.8 Å². The van der Waals surface area contributed by atoms with Crippen molar-refractivity contribution in [2.75, 3.05) is 18.5 Å². The molecule has 4 heteroatoms. The number of aliphatic hydroxyl groups is 1. The average Bonchev–Trinajstić information content (AvgIpc) is 2.46. The maximum absolute atomic E-state index is 12.3. The number of anilines is 1. The van der Waals surface area contributed by atoms with Gasteiger partial charge in [-0.25, -0.2) is 0 Å². The molecule has 2 aromatic rings. The Labute approximate surface area is 124 Å². The van der Waals surface area contributed by atoms with Gasteiger partial charge in [0.05, 0.1) is 6.61 Å². The van der Waals surface area contributed by atoms with Crippen molar-refractivity contribution < 1.29 is 14.6 Å². The third kappa shape index (κ3) is 3.83. The Morgan fingerprint density at radius 1 is 1.10 bits per heavy atom. The molecule has 0 aliphatic heterocycles. The van der Waals surface area contributed by atoms with Crippen LogP contribution in [0.5, 0.6) is 5.75 Å². The largest absolute Gasteiger partial charge is 0.491 e. The third-order valence-corrected chi connectivity index (χ3v) is 3.18. The van der Waals surface area contributed by atoms with Crippen molar-refractivity contribution in [1.82, 2.24) is 0 Å². The SMILES string of the molecule is Cc1cccc(C)c1C(=O)Nc1ccc(OCCO)cc1. The van der Waals surface area contributed by atoms with Crippen LogP contribution in [-0.2, 0) is 0 Å². The van der Waals surface area contributed by atoms with Crippen LogP contribution in [0.1, 0.15) is 21.5 Å². The van der Waals surface area contributed by atoms with Crippen molar-refractivity contribution in [1.29, 1.82) is 0 Å². The summed E-state index contributed by atoms with van der Waals surface area (Å²) in [4.78, 5) is 12.3. The number of carbonyl (C=O) groups is 1. The van der Waals surface area contributed by atoms with Crippen LogP contribution < -0.4 is 10.1 Å². The summed E-state index contributed by atoms with van der Waals surface area (Å²) in [7, 11) is 0. The van der Waals surface area contributed by atoms with E-state index in [0.717, 1.165) is 11.1 Å². The lowest BCUT2D eigenvalue weighted by Gasteiger charge is -2.11. The zero-order chi connectivity index (χ0) is 15.2. The van der Waals surface area contributed by atoms with E-state index in [1.54, 1.807) is 24.3 Å². The summed E-state index contributed by atoms with van der Waals surface area (Å²) < 4.78 is 5.28. The number of hydrogen-bond donors (Lipinski definition) is 2. The molecule has 2 rings (SSSR count). The van der Waals surface area contributed by atoms with E-state index < -0.39 is 0 Å². The van der Waals surface area contributed by atoms with Gasteiger partial charge in [0.15, 0.2) is 0 Å². The molecule has 0 radical (unpaired) electrons. The van der Waals surface area contributed by atoms with Crippen molar-refractivity contribution in [2.24, 2.45) is 0 Å². The molecule has 2 aromatic carbocycles. The molecule has 0 spiro atoms. The number of ether oxygens (including phenoxy) is 1. The second kappa shape index (κ2) is 6.90. The Morgan fingerprint density at radius 3 is 2.29 bits per heavy atom. The maximum atomic E-state index is 12.3. The number of aryl methyl sites for hydroxylation is 2. The van der Waals surface area contributed by atoms with E-state index in [4.69, 9.17) is 9.84 Å². The summed E-state index contributed by atoms with van der Waals surface area (Å²) >= 11 is 0. The van der Waals surface area contributed by atoms with Crippen LogP contribution in [0.2, 0.25) is 0 Å². The summed E-state index contributed by atoms with van der Waals surface area (Å²) in [5.74, 6) is 0.545. The molecule has 0 saturated heterocycles. The van der Waals surface area contributed by atoms with Crippen LogP contribution in [0.25, 0.3) is 0 Å². The lowest BCUT2D eigenvalue weighted by Crippen LogP contribution is -2.14. The highest BCUT2D eigenvalue weighted by Gasteiger charge is 2.11. The van der Waals surface area contributed by atoms with E-state index in [0.29, 0.717) is 17.0 Å². The van der Waals surface area contributed by atoms with Gasteiger partial charge in [0.2, 0.25) is 0 Å². The molecule has 0 atom stereocenters. The second-order valence-electron chi connectivity index (χ2n) is 4.82. The number of amides is 1. The van der Waals surface area contributed by atoms with Gasteiger partial charge in [-0.1, -0.05) is 18.2 Å². The Kier molecular flexibility index (Phi) is 4.95. The van der Waals surface area contributed by atoms with Gasteiger partial charge in [-0.15, -0.1) is 0 Å². The lowest BCUT2D eigenvalue weighted by atomic mass is 10.0. The first-order valence-electron chi connectivity index (χ1n) is 6.83. The van der Waals surface area contributed by atoms with E-state index in [-0.39, 0.29) is 19.1 Å². The first kappa shape index (κ1) is 15.1. The highest BCUT2D eigenvalue weighted by molar-refractivity contribution is 6.06. The molecule has 1 amide bonds. The lowest BCUT2D eigenvalue weighted by molar-refractivity contribution is 0.102. The number of benzene rings is 2. The molecular weight excluding hydrogens is 266 g/mol. The van der Waals surface area contributed by atoms with E-state index in [2.05, 4.69) is 5.32 Å². The van der Waals surface area contributed by atoms with E-state index >= 15 is 0 Å². The van der Waals surface area contributed by atoms with E-state index in [9.17, 15) is 4.79 Å². The van der Waals surface area contributed by atoms with Crippen LogP contribution in [0.4, 0.5) is 5.69 Å². The first-order chi connectivity index (χ1) is 10.1. The van der Waals surface area contributed by atoms with Gasteiger partial charge in [-0.2, -0.15) is 0 Å². The topological polar surface area (TPSA) is 58.6 Å². The Hall–Kier alpha value is -2.33. The zero-order valence-corrected chi connectivity index (χ0v) is 12.2. The number of hydrogen-bond acceptors (Lipinski definition) is 3. The summed E-state index contributed by atoms with van der Waals surface area (Å²) in [5.41, 5.74) is 3.32. The zero-order valence-electron chi connectivity index (χ0n) is 12.2. The fourth-order valence-electron chi connectivity index (χ4n) is 2.16. The molecule has 2 N–H and O–H groups in total. The van der Waals surface area contributed by atoms with Crippen molar-refractivity contribution >= 4 is 11.6 Å². The molecule has 0 aliphatic carbocycles. The fraction of sp³-hybridized carbons (Fsp3) is 0.235. The maximum Gasteiger partial charge on any atom is 0.256 e. The minimum atomic E-state index is -0.116. The second-order valence-corrected chi connectivity index (χ2v) is 4.82. The van der Waals surface area contributed by atoms with Gasteiger partial charge < -0.3 is 15.2 Å². The van der Waals surface area contributed by atoms with E-state index in [1.807, 2.05) is 32.0 Å². The molecule has 0 fully saturated rings. The number of rotatable bonds is 5. The smallest absolute Gasteiger partial charge is 0.256 e. The number of nitrogens with one attached hydrogen (secondary N) is 1. The van der Waals surface area contributed by atoms with Crippen LogP contribution in [0.15, 0.2) is 42.5 Å². The molecule has 0 saturated carbocycles. The van der Waals surface area contributed by atoms with Crippen molar-refractivity contribution in [3.8, 4) is 5.75 Å². The summed E-state index contributed by atoms with van der Waals surface area (Å²) in [5, 5.41) is 11.6. The van der Waals surface area contributed by atoms with Crippen LogP contribution in [0.3, 0.4) is 0 Å². The standard InChI is InChI=1S/C17H19NO3/c1-12-4-3-5-13(2)16(12)17(20)18-14-6-8-15(9-7-14)21-11-10-19/h3-9,19H,10-11H2,1-2H3,(H,18,20). The van der Waals surface area contributed by atoms with Crippen molar-refractivity contribution in [3.05, 3.63) is 59.2 Å². The predicted octanol–water partition coefficient (Wildman–Crippen LogP) is 2.93. The Morgan fingerprint density at radius 2 is 1.71 bits per heavy atom. The van der Waals surface area contributed by atoms with Gasteiger partial charge in [0, 0.05) is 11.3 Å². The van der Waals surface area contributed by atoms with Gasteiger partial charge in [-0.3, -0.25) is 4.79 Å². The number of carbonyl (C=O) groups excluding carboxylic acids is 1. The summed E-state index contributed by atoms with van der Waals surface area (Å²) in [6.45, 7) is 4.08. The molecule has 0 heterocycles. The van der Waals surface area contributed by atoms with Crippen LogP contribution >= 0.6 is 0 Å². The predicted molar refractivity (Wildman–Crippen MR) is 82.9 cm³/mol. The van der Waals surface area contributed by atoms with Gasteiger partial charge >= 0.3 is 0 Å². The molecule has 0 unspecified atom stereocenters. The minimum Gasteiger partial charge on any atom is -0.491 e. The highest BCUT2D eigenvalue weighted by Crippen LogP contribution is 2.19. The van der Waals surface area contributed by atoms with Crippen LogP contribution in [-0.4, -0.2) is 24.2 Å². The molecule has 0 bridgehead atoms. The molecule has 110 valence electrons. The summed E-state index contributed by atoms with van der Waals surface area (Å²) in [6.07, 6.45) is 0. The monoisotopic (exact) mass is 285 g/mol. The Balaban J connectivity index is 2.09. The molecule has 4 nitrogen and oxygen atoms in total. The quantitative estimate of drug-likeness (QED) is 0.888. The third-order valence-electron chi connectivity index (χ3n) is 3.18. The van der Waals surface area contributed by atoms with Crippen molar-refractivity contribution in [3.63, 3.8) is 0 Å². The molecular formula is C17H19NO3. The molecule has 21 heavy (non-hydrogen) atoms. The van der Waals surface area contributed by atoms with Crippen molar-refractivity contribution in [2.45, 2.75) is 13.8 Å². The van der Waals surface area contributed by atoms with Gasteiger partial charge in [0.1, 0.15) is 12.4 Å².